The summed E-state index contributed by atoms with van der Waals surface area (Å²) in [6.07, 6.45) is 5.39. The minimum atomic E-state index is 0.0331. The monoisotopic (exact) mass is 284 g/mol. The molecular weight excluding hydrogens is 264 g/mol. The van der Waals surface area contributed by atoms with Gasteiger partial charge in [0.15, 0.2) is 0 Å². The number of pyridine rings is 1. The van der Waals surface area contributed by atoms with Gasteiger partial charge in [-0.1, -0.05) is 0 Å². The third-order valence-electron chi connectivity index (χ3n) is 3.73. The first kappa shape index (κ1) is 13.8. The molecule has 0 aromatic carbocycles. The third-order valence-corrected chi connectivity index (χ3v) is 3.73. The van der Waals surface area contributed by atoms with Crippen LogP contribution in [0.15, 0.2) is 36.8 Å². The Labute approximate surface area is 124 Å². The van der Waals surface area contributed by atoms with Crippen molar-refractivity contribution in [3.05, 3.63) is 42.4 Å². The molecule has 3 rings (SSSR count). The van der Waals surface area contributed by atoms with Crippen molar-refractivity contribution < 1.29 is 0 Å². The normalized spacial score (nSPS) is 16.9. The van der Waals surface area contributed by atoms with Crippen LogP contribution in [0.25, 0.3) is 0 Å². The number of nitrogens with zero attached hydrogens (tertiary/aromatic N) is 5. The molecular formula is C15H20N6. The molecule has 1 fully saturated rings. The second-order valence-electron chi connectivity index (χ2n) is 5.26. The predicted octanol–water partition coefficient (Wildman–Crippen LogP) is 1.22. The topological polar surface area (TPSA) is 71.2 Å². The molecule has 1 saturated heterocycles. The number of piperazine rings is 1. The summed E-state index contributed by atoms with van der Waals surface area (Å²) in [4.78, 5) is 17.6. The van der Waals surface area contributed by atoms with E-state index >= 15 is 0 Å². The van der Waals surface area contributed by atoms with Crippen molar-refractivity contribution in [1.82, 2.24) is 15.0 Å². The van der Waals surface area contributed by atoms with E-state index in [0.717, 1.165) is 43.5 Å². The SMILES string of the molecule is C[C@H](N)c1ccnc(N2CCN(c3ncccn3)CC2)c1. The zero-order chi connectivity index (χ0) is 14.7. The van der Waals surface area contributed by atoms with E-state index in [1.165, 1.54) is 0 Å². The second kappa shape index (κ2) is 6.05. The Morgan fingerprint density at radius 1 is 1.00 bits per heavy atom. The van der Waals surface area contributed by atoms with Crippen molar-refractivity contribution in [2.24, 2.45) is 5.73 Å². The lowest BCUT2D eigenvalue weighted by atomic mass is 10.1. The minimum absolute atomic E-state index is 0.0331. The molecule has 1 atom stereocenters. The van der Waals surface area contributed by atoms with Gasteiger partial charge in [0.1, 0.15) is 5.82 Å². The van der Waals surface area contributed by atoms with E-state index in [-0.39, 0.29) is 6.04 Å². The van der Waals surface area contributed by atoms with Gasteiger partial charge in [-0.05, 0) is 30.7 Å². The summed E-state index contributed by atoms with van der Waals surface area (Å²) < 4.78 is 0. The molecule has 2 N–H and O–H groups in total. The average molecular weight is 284 g/mol. The molecule has 0 amide bonds. The molecule has 1 aliphatic rings. The van der Waals surface area contributed by atoms with Crippen LogP contribution in [0.1, 0.15) is 18.5 Å². The smallest absolute Gasteiger partial charge is 0.225 e. The van der Waals surface area contributed by atoms with Crippen LogP contribution in [0.4, 0.5) is 11.8 Å². The standard InChI is InChI=1S/C15H20N6/c1-12(16)13-3-6-17-14(11-13)20-7-9-21(10-8-20)15-18-4-2-5-19-15/h2-6,11-12H,7-10,16H2,1H3/t12-/m0/s1. The summed E-state index contributed by atoms with van der Waals surface area (Å²) in [5.41, 5.74) is 7.06. The van der Waals surface area contributed by atoms with Gasteiger partial charge in [0, 0.05) is 50.8 Å². The summed E-state index contributed by atoms with van der Waals surface area (Å²) in [5, 5.41) is 0. The molecule has 0 aliphatic carbocycles. The van der Waals surface area contributed by atoms with E-state index in [0.29, 0.717) is 0 Å². The zero-order valence-corrected chi connectivity index (χ0v) is 12.2. The van der Waals surface area contributed by atoms with Crippen molar-refractivity contribution in [3.8, 4) is 0 Å². The highest BCUT2D eigenvalue weighted by molar-refractivity contribution is 5.44. The minimum Gasteiger partial charge on any atom is -0.353 e. The van der Waals surface area contributed by atoms with Crippen LogP contribution >= 0.6 is 0 Å². The van der Waals surface area contributed by atoms with Gasteiger partial charge in [-0.25, -0.2) is 15.0 Å². The molecule has 0 bridgehead atoms. The number of aromatic nitrogens is 3. The second-order valence-corrected chi connectivity index (χ2v) is 5.26. The lowest BCUT2D eigenvalue weighted by Gasteiger charge is -2.35. The van der Waals surface area contributed by atoms with Gasteiger partial charge in [-0.15, -0.1) is 0 Å². The van der Waals surface area contributed by atoms with E-state index in [1.807, 2.05) is 25.3 Å². The summed E-state index contributed by atoms with van der Waals surface area (Å²) in [7, 11) is 0. The Bertz CT molecular complexity index is 578. The van der Waals surface area contributed by atoms with Crippen molar-refractivity contribution >= 4 is 11.8 Å². The highest BCUT2D eigenvalue weighted by Gasteiger charge is 2.20. The van der Waals surface area contributed by atoms with E-state index in [2.05, 4.69) is 30.8 Å². The molecule has 2 aromatic rings. The Kier molecular flexibility index (Phi) is 3.96. The van der Waals surface area contributed by atoms with Crippen molar-refractivity contribution in [3.63, 3.8) is 0 Å². The van der Waals surface area contributed by atoms with Gasteiger partial charge in [0.05, 0.1) is 0 Å². The Hall–Kier alpha value is -2.21. The van der Waals surface area contributed by atoms with Crippen LogP contribution in [-0.2, 0) is 0 Å². The van der Waals surface area contributed by atoms with Crippen molar-refractivity contribution in [2.45, 2.75) is 13.0 Å². The number of rotatable bonds is 3. The number of anilines is 2. The molecule has 0 saturated carbocycles. The van der Waals surface area contributed by atoms with Crippen molar-refractivity contribution in [1.29, 1.82) is 0 Å². The fourth-order valence-electron chi connectivity index (χ4n) is 2.48. The molecule has 0 radical (unpaired) electrons. The number of nitrogens with two attached hydrogens (primary N) is 1. The Balaban J connectivity index is 1.67. The molecule has 6 nitrogen and oxygen atoms in total. The van der Waals surface area contributed by atoms with E-state index in [9.17, 15) is 0 Å². The van der Waals surface area contributed by atoms with Crippen molar-refractivity contribution in [2.75, 3.05) is 36.0 Å². The molecule has 0 unspecified atom stereocenters. The van der Waals surface area contributed by atoms with Crippen LogP contribution in [0.5, 0.6) is 0 Å². The van der Waals surface area contributed by atoms with E-state index in [4.69, 9.17) is 5.73 Å². The van der Waals surface area contributed by atoms with Gasteiger partial charge in [0.25, 0.3) is 0 Å². The maximum atomic E-state index is 5.94. The molecule has 6 heteroatoms. The quantitative estimate of drug-likeness (QED) is 0.913. The maximum Gasteiger partial charge on any atom is 0.225 e. The predicted molar refractivity (Wildman–Crippen MR) is 83.3 cm³/mol. The lowest BCUT2D eigenvalue weighted by molar-refractivity contribution is 0.633. The summed E-state index contributed by atoms with van der Waals surface area (Å²) >= 11 is 0. The fourth-order valence-corrected chi connectivity index (χ4v) is 2.48. The van der Waals surface area contributed by atoms with Crippen LogP contribution in [-0.4, -0.2) is 41.1 Å². The first-order valence-corrected chi connectivity index (χ1v) is 7.22. The molecule has 3 heterocycles. The Morgan fingerprint density at radius 2 is 1.67 bits per heavy atom. The molecule has 110 valence electrons. The maximum absolute atomic E-state index is 5.94. The number of hydrogen-bond acceptors (Lipinski definition) is 6. The van der Waals surface area contributed by atoms with Gasteiger partial charge in [0.2, 0.25) is 5.95 Å². The van der Waals surface area contributed by atoms with Crippen LogP contribution < -0.4 is 15.5 Å². The zero-order valence-electron chi connectivity index (χ0n) is 12.2. The summed E-state index contributed by atoms with van der Waals surface area (Å²) in [5.74, 6) is 1.80. The molecule has 2 aromatic heterocycles. The summed E-state index contributed by atoms with van der Waals surface area (Å²) in [6.45, 7) is 5.60. The fraction of sp³-hybridized carbons (Fsp3) is 0.400. The highest BCUT2D eigenvalue weighted by atomic mass is 15.3. The molecule has 21 heavy (non-hydrogen) atoms. The molecule has 1 aliphatic heterocycles. The molecule has 0 spiro atoms. The first-order valence-electron chi connectivity index (χ1n) is 7.22. The Morgan fingerprint density at radius 3 is 2.33 bits per heavy atom. The third kappa shape index (κ3) is 3.11. The number of hydrogen-bond donors (Lipinski definition) is 1. The van der Waals surface area contributed by atoms with Gasteiger partial charge in [-0.3, -0.25) is 0 Å². The lowest BCUT2D eigenvalue weighted by Crippen LogP contribution is -2.47. The highest BCUT2D eigenvalue weighted by Crippen LogP contribution is 2.19. The van der Waals surface area contributed by atoms with Gasteiger partial charge in [-0.2, -0.15) is 0 Å². The average Bonchev–Trinajstić information content (AvgIpc) is 2.56. The van der Waals surface area contributed by atoms with E-state index < -0.39 is 0 Å². The first-order chi connectivity index (χ1) is 10.2. The van der Waals surface area contributed by atoms with Gasteiger partial charge >= 0.3 is 0 Å². The van der Waals surface area contributed by atoms with Crippen LogP contribution in [0.3, 0.4) is 0 Å². The summed E-state index contributed by atoms with van der Waals surface area (Å²) in [6, 6.07) is 5.93. The van der Waals surface area contributed by atoms with Crippen LogP contribution in [0.2, 0.25) is 0 Å². The van der Waals surface area contributed by atoms with E-state index in [1.54, 1.807) is 12.4 Å². The van der Waals surface area contributed by atoms with Gasteiger partial charge < -0.3 is 15.5 Å². The largest absolute Gasteiger partial charge is 0.353 e. The van der Waals surface area contributed by atoms with Crippen LogP contribution in [0, 0.1) is 0 Å².